The zero-order chi connectivity index (χ0) is 14.9. The van der Waals surface area contributed by atoms with Crippen LogP contribution in [0, 0.1) is 6.92 Å². The van der Waals surface area contributed by atoms with Crippen LogP contribution in [0.25, 0.3) is 0 Å². The molecule has 1 aromatic heterocycles. The van der Waals surface area contributed by atoms with E-state index in [4.69, 9.17) is 5.11 Å². The van der Waals surface area contributed by atoms with E-state index < -0.39 is 16.0 Å². The highest BCUT2D eigenvalue weighted by Gasteiger charge is 2.34. The molecule has 1 aromatic rings. The normalized spacial score (nSPS) is 17.6. The topological polar surface area (TPSA) is 74.7 Å². The molecule has 112 valence electrons. The Balaban J connectivity index is 2.39. The Morgan fingerprint density at radius 3 is 2.50 bits per heavy atom. The molecule has 1 saturated carbocycles. The van der Waals surface area contributed by atoms with Crippen LogP contribution in [0.4, 0.5) is 0 Å². The van der Waals surface area contributed by atoms with E-state index in [-0.39, 0.29) is 15.8 Å². The van der Waals surface area contributed by atoms with Crippen LogP contribution in [0.1, 0.15) is 47.3 Å². The molecule has 0 saturated heterocycles. The van der Waals surface area contributed by atoms with Gasteiger partial charge in [-0.05, 0) is 30.7 Å². The fraction of sp³-hybridized carbons (Fsp3) is 0.615. The molecule has 7 heteroatoms. The van der Waals surface area contributed by atoms with Crippen molar-refractivity contribution in [2.45, 2.75) is 50.0 Å². The first-order valence-electron chi connectivity index (χ1n) is 6.65. The molecule has 1 N–H and O–H groups in total. The predicted molar refractivity (Wildman–Crippen MR) is 77.8 cm³/mol. The molecule has 0 bridgehead atoms. The summed E-state index contributed by atoms with van der Waals surface area (Å²) in [6, 6.07) is -0.0188. The van der Waals surface area contributed by atoms with Crippen molar-refractivity contribution < 1.29 is 18.3 Å². The average molecular weight is 317 g/mol. The molecule has 0 unspecified atom stereocenters. The first-order chi connectivity index (χ1) is 9.35. The summed E-state index contributed by atoms with van der Waals surface area (Å²) in [5.74, 6) is -1.18. The van der Waals surface area contributed by atoms with Crippen LogP contribution < -0.4 is 0 Å². The zero-order valence-corrected chi connectivity index (χ0v) is 13.3. The zero-order valence-electron chi connectivity index (χ0n) is 11.6. The summed E-state index contributed by atoms with van der Waals surface area (Å²) in [5.41, 5.74) is 0.509. The summed E-state index contributed by atoms with van der Waals surface area (Å²) >= 11 is 0.970. The minimum atomic E-state index is -3.74. The van der Waals surface area contributed by atoms with Crippen LogP contribution >= 0.6 is 11.3 Å². The van der Waals surface area contributed by atoms with Gasteiger partial charge in [0.2, 0.25) is 10.0 Å². The number of carboxylic acids is 1. The van der Waals surface area contributed by atoms with Gasteiger partial charge >= 0.3 is 5.97 Å². The molecule has 0 aliphatic heterocycles. The molecule has 1 aliphatic rings. The third-order valence-corrected chi connectivity index (χ3v) is 7.15. The van der Waals surface area contributed by atoms with Crippen molar-refractivity contribution in [2.24, 2.45) is 0 Å². The Hall–Kier alpha value is -0.920. The largest absolute Gasteiger partial charge is 0.477 e. The molecular weight excluding hydrogens is 298 g/mol. The number of carbonyl (C=O) groups is 1. The number of aryl methyl sites for hydroxylation is 1. The minimum absolute atomic E-state index is 0.0188. The van der Waals surface area contributed by atoms with Gasteiger partial charge in [-0.1, -0.05) is 19.3 Å². The first-order valence-corrected chi connectivity index (χ1v) is 8.97. The maximum Gasteiger partial charge on any atom is 0.347 e. The second kappa shape index (κ2) is 5.83. The van der Waals surface area contributed by atoms with Crippen LogP contribution in [0.2, 0.25) is 0 Å². The third kappa shape index (κ3) is 2.75. The molecular formula is C13H19NO4S2. The van der Waals surface area contributed by atoms with Gasteiger partial charge in [0.25, 0.3) is 0 Å². The minimum Gasteiger partial charge on any atom is -0.477 e. The van der Waals surface area contributed by atoms with Crippen molar-refractivity contribution >= 4 is 27.3 Å². The van der Waals surface area contributed by atoms with Gasteiger partial charge < -0.3 is 5.11 Å². The van der Waals surface area contributed by atoms with Crippen LogP contribution in [-0.4, -0.2) is 36.9 Å². The summed E-state index contributed by atoms with van der Waals surface area (Å²) in [4.78, 5) is 11.1. The SMILES string of the molecule is Cc1csc(C(=O)O)c1S(=O)(=O)N(C)C1CCCCC1. The van der Waals surface area contributed by atoms with Crippen molar-refractivity contribution in [3.63, 3.8) is 0 Å². The Morgan fingerprint density at radius 2 is 1.95 bits per heavy atom. The summed E-state index contributed by atoms with van der Waals surface area (Å²) in [6.07, 6.45) is 4.89. The molecule has 1 fully saturated rings. The lowest BCUT2D eigenvalue weighted by Crippen LogP contribution is -2.38. The van der Waals surface area contributed by atoms with E-state index in [0.717, 1.165) is 43.4 Å². The van der Waals surface area contributed by atoms with Crippen molar-refractivity contribution in [1.82, 2.24) is 4.31 Å². The smallest absolute Gasteiger partial charge is 0.347 e. The molecule has 0 spiro atoms. The van der Waals surface area contributed by atoms with Crippen LogP contribution in [0.3, 0.4) is 0 Å². The van der Waals surface area contributed by atoms with E-state index in [1.807, 2.05) is 0 Å². The number of nitrogens with zero attached hydrogens (tertiary/aromatic N) is 1. The van der Waals surface area contributed by atoms with Crippen molar-refractivity contribution in [3.8, 4) is 0 Å². The van der Waals surface area contributed by atoms with Gasteiger partial charge in [0.15, 0.2) is 0 Å². The summed E-state index contributed by atoms with van der Waals surface area (Å²) in [6.45, 7) is 1.64. The van der Waals surface area contributed by atoms with E-state index in [2.05, 4.69) is 0 Å². The maximum absolute atomic E-state index is 12.7. The summed E-state index contributed by atoms with van der Waals surface area (Å²) in [5, 5.41) is 10.8. The van der Waals surface area contributed by atoms with Gasteiger partial charge in [0.1, 0.15) is 9.77 Å². The quantitative estimate of drug-likeness (QED) is 0.926. The number of rotatable bonds is 4. The highest BCUT2D eigenvalue weighted by atomic mass is 32.2. The Labute approximate surface area is 123 Å². The lowest BCUT2D eigenvalue weighted by Gasteiger charge is -2.30. The van der Waals surface area contributed by atoms with Gasteiger partial charge in [-0.25, -0.2) is 13.2 Å². The lowest BCUT2D eigenvalue weighted by atomic mass is 9.96. The van der Waals surface area contributed by atoms with Crippen LogP contribution in [0.15, 0.2) is 10.3 Å². The Morgan fingerprint density at radius 1 is 1.35 bits per heavy atom. The number of thiophene rings is 1. The van der Waals surface area contributed by atoms with Crippen LogP contribution in [0.5, 0.6) is 0 Å². The average Bonchev–Trinajstić information content (AvgIpc) is 2.81. The molecule has 1 aliphatic carbocycles. The standard InChI is InChI=1S/C13H19NO4S2/c1-9-8-19-11(13(15)16)12(9)20(17,18)14(2)10-6-4-3-5-7-10/h8,10H,3-7H2,1-2H3,(H,15,16). The van der Waals surface area contributed by atoms with Crippen molar-refractivity contribution in [1.29, 1.82) is 0 Å². The fourth-order valence-electron chi connectivity index (χ4n) is 2.69. The van der Waals surface area contributed by atoms with Crippen molar-refractivity contribution in [2.75, 3.05) is 7.05 Å². The number of sulfonamides is 1. The Bertz CT molecular complexity index is 600. The summed E-state index contributed by atoms with van der Waals surface area (Å²) < 4.78 is 26.8. The van der Waals surface area contributed by atoms with Gasteiger partial charge in [-0.15, -0.1) is 11.3 Å². The molecule has 2 rings (SSSR count). The number of aromatic carboxylic acids is 1. The highest BCUT2D eigenvalue weighted by Crippen LogP contribution is 2.32. The van der Waals surface area contributed by atoms with E-state index in [1.165, 1.54) is 4.31 Å². The fourth-order valence-corrected chi connectivity index (χ4v) is 5.68. The highest BCUT2D eigenvalue weighted by molar-refractivity contribution is 7.89. The van der Waals surface area contributed by atoms with E-state index in [1.54, 1.807) is 19.4 Å². The van der Waals surface area contributed by atoms with E-state index in [0.29, 0.717) is 5.56 Å². The number of carboxylic acid groups (broad SMARTS) is 1. The maximum atomic E-state index is 12.7. The lowest BCUT2D eigenvalue weighted by molar-refractivity contribution is 0.0698. The number of hydrogen-bond donors (Lipinski definition) is 1. The first kappa shape index (κ1) is 15.5. The molecule has 0 radical (unpaired) electrons. The second-order valence-corrected chi connectivity index (χ2v) is 8.01. The second-order valence-electron chi connectivity index (χ2n) is 5.20. The predicted octanol–water partition coefficient (Wildman–Crippen LogP) is 2.71. The summed E-state index contributed by atoms with van der Waals surface area (Å²) in [7, 11) is -2.18. The molecule has 0 atom stereocenters. The monoisotopic (exact) mass is 317 g/mol. The van der Waals surface area contributed by atoms with Crippen molar-refractivity contribution in [3.05, 3.63) is 15.8 Å². The molecule has 5 nitrogen and oxygen atoms in total. The third-order valence-electron chi connectivity index (χ3n) is 3.84. The molecule has 1 heterocycles. The van der Waals surface area contributed by atoms with Gasteiger partial charge in [-0.2, -0.15) is 4.31 Å². The van der Waals surface area contributed by atoms with E-state index >= 15 is 0 Å². The van der Waals surface area contributed by atoms with Gasteiger partial charge in [-0.3, -0.25) is 0 Å². The van der Waals surface area contributed by atoms with Crippen LogP contribution in [-0.2, 0) is 10.0 Å². The molecule has 0 aromatic carbocycles. The van der Waals surface area contributed by atoms with Gasteiger partial charge in [0, 0.05) is 13.1 Å². The Kier molecular flexibility index (Phi) is 4.51. The van der Waals surface area contributed by atoms with Gasteiger partial charge in [0.05, 0.1) is 0 Å². The number of hydrogen-bond acceptors (Lipinski definition) is 4. The van der Waals surface area contributed by atoms with E-state index in [9.17, 15) is 13.2 Å². The molecule has 20 heavy (non-hydrogen) atoms. The molecule has 0 amide bonds.